The fourth-order valence-electron chi connectivity index (χ4n) is 1.52. The van der Waals surface area contributed by atoms with Gasteiger partial charge in [-0.25, -0.2) is 0 Å². The van der Waals surface area contributed by atoms with E-state index in [9.17, 15) is 22.8 Å². The largest absolute Gasteiger partial charge is 0.393 e. The summed E-state index contributed by atoms with van der Waals surface area (Å²) in [7, 11) is 0. The predicted molar refractivity (Wildman–Crippen MR) is 43.7 cm³/mol. The first-order valence-corrected chi connectivity index (χ1v) is 4.55. The van der Waals surface area contributed by atoms with Crippen molar-refractivity contribution in [2.24, 2.45) is 5.41 Å². The van der Waals surface area contributed by atoms with E-state index in [0.29, 0.717) is 0 Å². The number of ether oxygens (including phenoxy) is 1. The van der Waals surface area contributed by atoms with Crippen LogP contribution in [0.2, 0.25) is 0 Å². The SMILES string of the molecule is CC1(CCCC(F)(F)F)CC(=O)OC1=O. The van der Waals surface area contributed by atoms with Gasteiger partial charge in [0.05, 0.1) is 11.8 Å². The highest BCUT2D eigenvalue weighted by atomic mass is 19.4. The smallest absolute Gasteiger partial charge is 0.389 e. The summed E-state index contributed by atoms with van der Waals surface area (Å²) in [4.78, 5) is 21.9. The summed E-state index contributed by atoms with van der Waals surface area (Å²) in [6, 6.07) is 0. The Balaban J connectivity index is 2.44. The second kappa shape index (κ2) is 3.83. The molecule has 0 spiro atoms. The summed E-state index contributed by atoms with van der Waals surface area (Å²) >= 11 is 0. The lowest BCUT2D eigenvalue weighted by atomic mass is 9.83. The molecule has 1 aliphatic heterocycles. The number of alkyl halides is 3. The third-order valence-corrected chi connectivity index (χ3v) is 2.42. The molecule has 1 rings (SSSR count). The molecule has 0 radical (unpaired) electrons. The molecular formula is C9H11F3O3. The molecule has 0 amide bonds. The van der Waals surface area contributed by atoms with Crippen molar-refractivity contribution in [3.63, 3.8) is 0 Å². The van der Waals surface area contributed by atoms with Crippen molar-refractivity contribution >= 4 is 11.9 Å². The normalized spacial score (nSPS) is 26.9. The van der Waals surface area contributed by atoms with Crippen molar-refractivity contribution in [2.45, 2.75) is 38.8 Å². The number of cyclic esters (lactones) is 2. The lowest BCUT2D eigenvalue weighted by Crippen LogP contribution is -2.23. The van der Waals surface area contributed by atoms with E-state index in [1.54, 1.807) is 0 Å². The molecule has 0 aliphatic carbocycles. The summed E-state index contributed by atoms with van der Waals surface area (Å²) < 4.78 is 39.8. The number of hydrogen-bond donors (Lipinski definition) is 0. The fraction of sp³-hybridized carbons (Fsp3) is 0.778. The van der Waals surface area contributed by atoms with E-state index in [1.807, 2.05) is 0 Å². The van der Waals surface area contributed by atoms with Gasteiger partial charge in [0.25, 0.3) is 0 Å². The third-order valence-electron chi connectivity index (χ3n) is 2.42. The summed E-state index contributed by atoms with van der Waals surface area (Å²) in [6.07, 6.45) is -5.42. The van der Waals surface area contributed by atoms with E-state index in [0.717, 1.165) is 0 Å². The Kier molecular flexibility index (Phi) is 3.06. The van der Waals surface area contributed by atoms with E-state index in [-0.39, 0.29) is 19.3 Å². The van der Waals surface area contributed by atoms with Gasteiger partial charge in [-0.3, -0.25) is 9.59 Å². The van der Waals surface area contributed by atoms with Gasteiger partial charge in [-0.1, -0.05) is 0 Å². The Morgan fingerprint density at radius 1 is 1.40 bits per heavy atom. The minimum Gasteiger partial charge on any atom is -0.393 e. The van der Waals surface area contributed by atoms with Crippen molar-refractivity contribution in [2.75, 3.05) is 0 Å². The van der Waals surface area contributed by atoms with Crippen molar-refractivity contribution in [3.8, 4) is 0 Å². The standard InChI is InChI=1S/C9H11F3O3/c1-8(3-2-4-9(10,11)12)5-6(13)15-7(8)14/h2-5H2,1H3. The van der Waals surface area contributed by atoms with Gasteiger partial charge < -0.3 is 4.74 Å². The molecule has 86 valence electrons. The Morgan fingerprint density at radius 3 is 2.40 bits per heavy atom. The highest BCUT2D eigenvalue weighted by Gasteiger charge is 2.45. The van der Waals surface area contributed by atoms with Crippen LogP contribution >= 0.6 is 0 Å². The van der Waals surface area contributed by atoms with Crippen LogP contribution in [0.1, 0.15) is 32.6 Å². The first kappa shape index (κ1) is 12.0. The number of halogens is 3. The monoisotopic (exact) mass is 224 g/mol. The van der Waals surface area contributed by atoms with Gasteiger partial charge in [-0.2, -0.15) is 13.2 Å². The quantitative estimate of drug-likeness (QED) is 0.545. The second-order valence-electron chi connectivity index (χ2n) is 3.97. The van der Waals surface area contributed by atoms with Gasteiger partial charge in [0, 0.05) is 6.42 Å². The van der Waals surface area contributed by atoms with Crippen LogP contribution in [0, 0.1) is 5.41 Å². The maximum atomic E-state index is 11.8. The Bertz CT molecular complexity index is 285. The summed E-state index contributed by atoms with van der Waals surface area (Å²) in [5.41, 5.74) is -1.07. The first-order valence-electron chi connectivity index (χ1n) is 4.55. The first-order chi connectivity index (χ1) is 6.73. The molecule has 0 aromatic heterocycles. The molecule has 1 saturated heterocycles. The average molecular weight is 224 g/mol. The predicted octanol–water partition coefficient (Wildman–Crippen LogP) is 2.20. The molecule has 0 saturated carbocycles. The molecule has 1 atom stereocenters. The van der Waals surface area contributed by atoms with Gasteiger partial charge >= 0.3 is 18.1 Å². The van der Waals surface area contributed by atoms with Crippen LogP contribution < -0.4 is 0 Å². The third kappa shape index (κ3) is 3.21. The van der Waals surface area contributed by atoms with Crippen LogP contribution in [0.25, 0.3) is 0 Å². The highest BCUT2D eigenvalue weighted by molar-refractivity contribution is 5.97. The zero-order valence-corrected chi connectivity index (χ0v) is 8.19. The molecule has 0 aromatic rings. The van der Waals surface area contributed by atoms with Crippen LogP contribution in [0.3, 0.4) is 0 Å². The van der Waals surface area contributed by atoms with Crippen LogP contribution in [0.15, 0.2) is 0 Å². The van der Waals surface area contributed by atoms with Crippen LogP contribution in [-0.4, -0.2) is 18.1 Å². The average Bonchev–Trinajstić information content (AvgIpc) is 2.23. The van der Waals surface area contributed by atoms with Crippen LogP contribution in [-0.2, 0) is 14.3 Å². The van der Waals surface area contributed by atoms with Crippen molar-refractivity contribution < 1.29 is 27.5 Å². The zero-order chi connectivity index (χ0) is 11.7. The van der Waals surface area contributed by atoms with Crippen molar-refractivity contribution in [3.05, 3.63) is 0 Å². The molecule has 1 fully saturated rings. The number of carbonyl (C=O) groups excluding carboxylic acids is 2. The van der Waals surface area contributed by atoms with Crippen molar-refractivity contribution in [1.82, 2.24) is 0 Å². The zero-order valence-electron chi connectivity index (χ0n) is 8.19. The minimum absolute atomic E-state index is 0.0249. The number of hydrogen-bond acceptors (Lipinski definition) is 3. The van der Waals surface area contributed by atoms with Gasteiger partial charge in [0.1, 0.15) is 0 Å². The Morgan fingerprint density at radius 2 is 2.00 bits per heavy atom. The maximum Gasteiger partial charge on any atom is 0.389 e. The molecule has 6 heteroatoms. The molecule has 15 heavy (non-hydrogen) atoms. The van der Waals surface area contributed by atoms with Crippen molar-refractivity contribution in [1.29, 1.82) is 0 Å². The van der Waals surface area contributed by atoms with Gasteiger partial charge in [-0.05, 0) is 19.8 Å². The number of esters is 2. The van der Waals surface area contributed by atoms with E-state index < -0.39 is 30.0 Å². The Hall–Kier alpha value is -1.07. The van der Waals surface area contributed by atoms with E-state index in [2.05, 4.69) is 4.74 Å². The van der Waals surface area contributed by atoms with Gasteiger partial charge in [0.15, 0.2) is 0 Å². The highest BCUT2D eigenvalue weighted by Crippen LogP contribution is 2.36. The minimum atomic E-state index is -4.22. The van der Waals surface area contributed by atoms with E-state index in [1.165, 1.54) is 6.92 Å². The number of carbonyl (C=O) groups is 2. The maximum absolute atomic E-state index is 11.8. The lowest BCUT2D eigenvalue weighted by Gasteiger charge is -2.17. The molecule has 0 N–H and O–H groups in total. The Labute approximate surface area is 84.6 Å². The molecular weight excluding hydrogens is 213 g/mol. The molecule has 3 nitrogen and oxygen atoms in total. The molecule has 0 aromatic carbocycles. The molecule has 1 aliphatic rings. The fourth-order valence-corrected chi connectivity index (χ4v) is 1.52. The molecule has 0 bridgehead atoms. The van der Waals surface area contributed by atoms with E-state index >= 15 is 0 Å². The van der Waals surface area contributed by atoms with Crippen LogP contribution in [0.5, 0.6) is 0 Å². The molecule has 1 unspecified atom stereocenters. The van der Waals surface area contributed by atoms with Gasteiger partial charge in [0.2, 0.25) is 0 Å². The molecule has 1 heterocycles. The lowest BCUT2D eigenvalue weighted by molar-refractivity contribution is -0.156. The summed E-state index contributed by atoms with van der Waals surface area (Å²) in [5.74, 6) is -1.37. The van der Waals surface area contributed by atoms with Crippen LogP contribution in [0.4, 0.5) is 13.2 Å². The summed E-state index contributed by atoms with van der Waals surface area (Å²) in [5, 5.41) is 0. The van der Waals surface area contributed by atoms with Gasteiger partial charge in [-0.15, -0.1) is 0 Å². The summed E-state index contributed by atoms with van der Waals surface area (Å²) in [6.45, 7) is 1.45. The van der Waals surface area contributed by atoms with E-state index in [4.69, 9.17) is 0 Å². The number of rotatable bonds is 3. The second-order valence-corrected chi connectivity index (χ2v) is 3.97. The topological polar surface area (TPSA) is 43.4 Å².